The molecular formula is C20H16N6O2. The highest BCUT2D eigenvalue weighted by Crippen LogP contribution is 2.16. The molecule has 138 valence electrons. The Hall–Kier alpha value is -4.07. The van der Waals surface area contributed by atoms with Gasteiger partial charge in [0.1, 0.15) is 0 Å². The van der Waals surface area contributed by atoms with Crippen molar-refractivity contribution in [1.29, 1.82) is 0 Å². The summed E-state index contributed by atoms with van der Waals surface area (Å²) in [7, 11) is 1.70. The second-order valence-corrected chi connectivity index (χ2v) is 6.04. The largest absolute Gasteiger partial charge is 0.336 e. The number of nitrogens with zero attached hydrogens (tertiary/aromatic N) is 4. The maximum Gasteiger partial charge on any atom is 0.293 e. The van der Waals surface area contributed by atoms with Gasteiger partial charge in [-0.2, -0.15) is 0 Å². The molecule has 0 atom stereocenters. The van der Waals surface area contributed by atoms with Crippen LogP contribution in [0, 0.1) is 0 Å². The molecule has 2 aromatic carbocycles. The molecule has 0 aliphatic rings. The minimum Gasteiger partial charge on any atom is -0.336 e. The predicted molar refractivity (Wildman–Crippen MR) is 107 cm³/mol. The number of amides is 1. The maximum absolute atomic E-state index is 12.5. The molecule has 2 heterocycles. The van der Waals surface area contributed by atoms with Gasteiger partial charge < -0.3 is 9.88 Å². The molecule has 0 saturated carbocycles. The molecule has 0 saturated heterocycles. The number of hydrogen-bond donors (Lipinski definition) is 2. The summed E-state index contributed by atoms with van der Waals surface area (Å²) in [5, 5.41) is 5.64. The van der Waals surface area contributed by atoms with Crippen molar-refractivity contribution in [3.63, 3.8) is 0 Å². The van der Waals surface area contributed by atoms with Crippen LogP contribution in [-0.4, -0.2) is 25.4 Å². The summed E-state index contributed by atoms with van der Waals surface area (Å²) >= 11 is 0. The van der Waals surface area contributed by atoms with Crippen LogP contribution < -0.4 is 16.2 Å². The fourth-order valence-corrected chi connectivity index (χ4v) is 2.74. The van der Waals surface area contributed by atoms with Gasteiger partial charge in [-0.25, -0.2) is 15.0 Å². The highest BCUT2D eigenvalue weighted by molar-refractivity contribution is 6.03. The molecule has 0 aliphatic carbocycles. The Balaban J connectivity index is 1.55. The lowest BCUT2D eigenvalue weighted by molar-refractivity contribution is 0.102. The van der Waals surface area contributed by atoms with Gasteiger partial charge in [-0.15, -0.1) is 0 Å². The monoisotopic (exact) mass is 372 g/mol. The third-order valence-electron chi connectivity index (χ3n) is 4.18. The van der Waals surface area contributed by atoms with Gasteiger partial charge in [0.15, 0.2) is 5.82 Å². The van der Waals surface area contributed by atoms with Crippen molar-refractivity contribution in [2.24, 2.45) is 7.05 Å². The zero-order chi connectivity index (χ0) is 19.5. The van der Waals surface area contributed by atoms with Crippen LogP contribution in [0.3, 0.4) is 0 Å². The fourth-order valence-electron chi connectivity index (χ4n) is 2.74. The fraction of sp³-hybridized carbons (Fsp3) is 0.0500. The normalized spacial score (nSPS) is 10.6. The van der Waals surface area contributed by atoms with Gasteiger partial charge in [0, 0.05) is 30.7 Å². The topological polar surface area (TPSA) is 102 Å². The molecule has 4 rings (SSSR count). The highest BCUT2D eigenvalue weighted by atomic mass is 16.2. The van der Waals surface area contributed by atoms with Gasteiger partial charge in [-0.05, 0) is 42.5 Å². The van der Waals surface area contributed by atoms with Crippen molar-refractivity contribution in [2.75, 3.05) is 10.6 Å². The van der Waals surface area contributed by atoms with E-state index in [4.69, 9.17) is 0 Å². The van der Waals surface area contributed by atoms with Crippen molar-refractivity contribution in [2.45, 2.75) is 0 Å². The van der Waals surface area contributed by atoms with E-state index in [0.29, 0.717) is 16.8 Å². The number of para-hydroxylation sites is 2. The van der Waals surface area contributed by atoms with Crippen LogP contribution in [0.5, 0.6) is 0 Å². The summed E-state index contributed by atoms with van der Waals surface area (Å²) in [6.45, 7) is 0. The number of carbonyl (C=O) groups is 1. The molecule has 0 aliphatic heterocycles. The molecule has 0 fully saturated rings. The molecule has 28 heavy (non-hydrogen) atoms. The lowest BCUT2D eigenvalue weighted by Gasteiger charge is -2.10. The predicted octanol–water partition coefficient (Wildman–Crippen LogP) is 2.72. The Morgan fingerprint density at radius 1 is 0.964 bits per heavy atom. The molecule has 8 heteroatoms. The van der Waals surface area contributed by atoms with Crippen LogP contribution in [0.25, 0.3) is 11.0 Å². The summed E-state index contributed by atoms with van der Waals surface area (Å²) in [5.41, 5.74) is 2.32. The second-order valence-electron chi connectivity index (χ2n) is 6.04. The number of aromatic nitrogens is 4. The van der Waals surface area contributed by atoms with Crippen LogP contribution in [0.2, 0.25) is 0 Å². The summed E-state index contributed by atoms with van der Waals surface area (Å²) in [6.07, 6.45) is 3.10. The lowest BCUT2D eigenvalue weighted by atomic mass is 10.2. The number of nitrogens with one attached hydrogen (secondary N) is 2. The van der Waals surface area contributed by atoms with Gasteiger partial charge in [-0.1, -0.05) is 12.1 Å². The zero-order valence-electron chi connectivity index (χ0n) is 15.0. The maximum atomic E-state index is 12.5. The number of aryl methyl sites for hydroxylation is 1. The van der Waals surface area contributed by atoms with Crippen LogP contribution in [0.4, 0.5) is 17.5 Å². The van der Waals surface area contributed by atoms with Crippen molar-refractivity contribution < 1.29 is 4.79 Å². The first-order valence-corrected chi connectivity index (χ1v) is 8.53. The van der Waals surface area contributed by atoms with E-state index in [0.717, 1.165) is 5.52 Å². The number of benzene rings is 2. The first-order valence-electron chi connectivity index (χ1n) is 8.53. The third-order valence-corrected chi connectivity index (χ3v) is 4.18. The molecular weight excluding hydrogens is 356 g/mol. The Bertz CT molecular complexity index is 1200. The standard InChI is InChI=1S/C20H16N6O2/c1-26-16-6-3-2-5-15(16)24-17(19(26)28)23-14-9-7-13(8-10-14)18(27)25-20-21-11-4-12-22-20/h2-12H,1H3,(H,23,24)(H,21,22,25,27). The quantitative estimate of drug-likeness (QED) is 0.571. The lowest BCUT2D eigenvalue weighted by Crippen LogP contribution is -2.21. The SMILES string of the molecule is Cn1c(=O)c(Nc2ccc(C(=O)Nc3ncccn3)cc2)nc2ccccc21. The van der Waals surface area contributed by atoms with Gasteiger partial charge in [0.25, 0.3) is 11.5 Å². The average Bonchev–Trinajstić information content (AvgIpc) is 2.73. The first-order chi connectivity index (χ1) is 13.6. The van der Waals surface area contributed by atoms with E-state index in [2.05, 4.69) is 25.6 Å². The Morgan fingerprint density at radius 2 is 1.68 bits per heavy atom. The summed E-state index contributed by atoms with van der Waals surface area (Å²) in [4.78, 5) is 37.1. The molecule has 0 radical (unpaired) electrons. The van der Waals surface area contributed by atoms with E-state index in [1.54, 1.807) is 54.3 Å². The number of fused-ring (bicyclic) bond motifs is 1. The van der Waals surface area contributed by atoms with Crippen LogP contribution >= 0.6 is 0 Å². The molecule has 2 N–H and O–H groups in total. The summed E-state index contributed by atoms with van der Waals surface area (Å²) < 4.78 is 1.55. The van der Waals surface area contributed by atoms with Crippen molar-refractivity contribution in [3.05, 3.63) is 82.9 Å². The van der Waals surface area contributed by atoms with E-state index in [1.165, 1.54) is 0 Å². The number of carbonyl (C=O) groups excluding carboxylic acids is 1. The first kappa shape index (κ1) is 17.3. The minimum atomic E-state index is -0.322. The molecule has 2 aromatic heterocycles. The van der Waals surface area contributed by atoms with E-state index in [1.807, 2.05) is 24.3 Å². The molecule has 0 bridgehead atoms. The Labute approximate surface area is 159 Å². The number of hydrogen-bond acceptors (Lipinski definition) is 6. The van der Waals surface area contributed by atoms with E-state index < -0.39 is 0 Å². The second kappa shape index (κ2) is 7.28. The highest BCUT2D eigenvalue weighted by Gasteiger charge is 2.10. The molecule has 8 nitrogen and oxygen atoms in total. The van der Waals surface area contributed by atoms with Gasteiger partial charge in [0.05, 0.1) is 11.0 Å². The number of rotatable bonds is 4. The number of anilines is 3. The zero-order valence-corrected chi connectivity index (χ0v) is 15.0. The van der Waals surface area contributed by atoms with Gasteiger partial charge >= 0.3 is 0 Å². The third kappa shape index (κ3) is 3.43. The van der Waals surface area contributed by atoms with E-state index in [9.17, 15) is 9.59 Å². The van der Waals surface area contributed by atoms with Crippen LogP contribution in [0.1, 0.15) is 10.4 Å². The summed E-state index contributed by atoms with van der Waals surface area (Å²) in [5.74, 6) is 0.132. The Kier molecular flexibility index (Phi) is 4.51. The van der Waals surface area contributed by atoms with Gasteiger partial charge in [0.2, 0.25) is 5.95 Å². The molecule has 4 aromatic rings. The van der Waals surface area contributed by atoms with Crippen molar-refractivity contribution in [3.8, 4) is 0 Å². The van der Waals surface area contributed by atoms with Gasteiger partial charge in [-0.3, -0.25) is 14.9 Å². The van der Waals surface area contributed by atoms with Crippen LogP contribution in [-0.2, 0) is 7.05 Å². The molecule has 0 unspecified atom stereocenters. The van der Waals surface area contributed by atoms with Crippen molar-refractivity contribution in [1.82, 2.24) is 19.5 Å². The Morgan fingerprint density at radius 3 is 2.43 bits per heavy atom. The average molecular weight is 372 g/mol. The smallest absolute Gasteiger partial charge is 0.293 e. The van der Waals surface area contributed by atoms with Crippen LogP contribution in [0.15, 0.2) is 71.8 Å². The van der Waals surface area contributed by atoms with Crippen molar-refractivity contribution >= 4 is 34.4 Å². The molecule has 0 spiro atoms. The van der Waals surface area contributed by atoms with E-state index in [-0.39, 0.29) is 23.2 Å². The molecule has 1 amide bonds. The summed E-state index contributed by atoms with van der Waals surface area (Å²) in [6, 6.07) is 15.8. The minimum absolute atomic E-state index is 0.219. The van der Waals surface area contributed by atoms with E-state index >= 15 is 0 Å².